The fourth-order valence-electron chi connectivity index (χ4n) is 1.56. The van der Waals surface area contributed by atoms with Gasteiger partial charge in [0.15, 0.2) is 0 Å². The third-order valence-electron chi connectivity index (χ3n) is 2.50. The Morgan fingerprint density at radius 2 is 2.00 bits per heavy atom. The topological polar surface area (TPSA) is 49.3 Å². The monoisotopic (exact) mass is 233 g/mol. The maximum absolute atomic E-state index is 10.9. The summed E-state index contributed by atoms with van der Waals surface area (Å²) in [6.45, 7) is 4.35. The molecule has 0 bridgehead atoms. The first-order chi connectivity index (χ1) is 8.11. The molecule has 1 atom stereocenters. The minimum Gasteiger partial charge on any atom is -0.480 e. The molecule has 0 heterocycles. The zero-order valence-corrected chi connectivity index (χ0v) is 10.3. The Balaban J connectivity index is 2.41. The smallest absolute Gasteiger partial charge is 0.320 e. The van der Waals surface area contributed by atoms with Crippen molar-refractivity contribution in [3.05, 3.63) is 42.0 Å². The van der Waals surface area contributed by atoms with Crippen LogP contribution in [0.1, 0.15) is 19.4 Å². The quantitative estimate of drug-likeness (QED) is 0.793. The van der Waals surface area contributed by atoms with Crippen LogP contribution in [0.15, 0.2) is 36.4 Å². The summed E-state index contributed by atoms with van der Waals surface area (Å²) in [5.74, 6) is -0.717. The lowest BCUT2D eigenvalue weighted by Gasteiger charge is -2.16. The van der Waals surface area contributed by atoms with E-state index < -0.39 is 12.0 Å². The molecule has 3 heteroatoms. The molecule has 0 fully saturated rings. The van der Waals surface area contributed by atoms with E-state index in [4.69, 9.17) is 5.11 Å². The highest BCUT2D eigenvalue weighted by molar-refractivity contribution is 5.73. The van der Waals surface area contributed by atoms with E-state index in [2.05, 4.69) is 5.32 Å². The second-order valence-corrected chi connectivity index (χ2v) is 4.28. The summed E-state index contributed by atoms with van der Waals surface area (Å²) in [4.78, 5) is 10.9. The van der Waals surface area contributed by atoms with Crippen LogP contribution < -0.4 is 5.32 Å². The molecule has 0 radical (unpaired) electrons. The molecule has 1 aromatic rings. The molecule has 0 aliphatic heterocycles. The molecule has 0 spiro atoms. The van der Waals surface area contributed by atoms with Crippen LogP contribution in [0.25, 0.3) is 6.08 Å². The number of carboxylic acids is 1. The van der Waals surface area contributed by atoms with E-state index in [0.717, 1.165) is 5.56 Å². The Kier molecular flexibility index (Phi) is 5.43. The molecule has 17 heavy (non-hydrogen) atoms. The molecule has 1 aromatic carbocycles. The predicted molar refractivity (Wildman–Crippen MR) is 69.7 cm³/mol. The third-order valence-corrected chi connectivity index (χ3v) is 2.50. The summed E-state index contributed by atoms with van der Waals surface area (Å²) in [6.07, 6.45) is 3.92. The summed E-state index contributed by atoms with van der Waals surface area (Å²) in [5, 5.41) is 12.0. The molecule has 2 N–H and O–H groups in total. The van der Waals surface area contributed by atoms with Crippen molar-refractivity contribution in [3.63, 3.8) is 0 Å². The lowest BCUT2D eigenvalue weighted by atomic mass is 10.1. The SMILES string of the molecule is CC(C)[C@@H](NCC=Cc1ccccc1)C(=O)O. The van der Waals surface area contributed by atoms with Crippen LogP contribution in [-0.2, 0) is 4.79 Å². The molecular weight excluding hydrogens is 214 g/mol. The van der Waals surface area contributed by atoms with E-state index in [0.29, 0.717) is 6.54 Å². The molecule has 0 unspecified atom stereocenters. The van der Waals surface area contributed by atoms with Crippen LogP contribution in [0.4, 0.5) is 0 Å². The van der Waals surface area contributed by atoms with Gasteiger partial charge in [0.25, 0.3) is 0 Å². The van der Waals surface area contributed by atoms with Gasteiger partial charge in [0.2, 0.25) is 0 Å². The Bertz CT molecular complexity index is 371. The summed E-state index contributed by atoms with van der Waals surface area (Å²) in [5.41, 5.74) is 1.12. The normalized spacial score (nSPS) is 13.1. The van der Waals surface area contributed by atoms with Gasteiger partial charge >= 0.3 is 5.97 Å². The lowest BCUT2D eigenvalue weighted by Crippen LogP contribution is -2.40. The number of carbonyl (C=O) groups is 1. The van der Waals surface area contributed by atoms with E-state index in [-0.39, 0.29) is 5.92 Å². The van der Waals surface area contributed by atoms with Gasteiger partial charge in [-0.2, -0.15) is 0 Å². The van der Waals surface area contributed by atoms with E-state index in [1.165, 1.54) is 0 Å². The number of carboxylic acid groups (broad SMARTS) is 1. The average molecular weight is 233 g/mol. The zero-order chi connectivity index (χ0) is 12.7. The fourth-order valence-corrected chi connectivity index (χ4v) is 1.56. The highest BCUT2D eigenvalue weighted by atomic mass is 16.4. The van der Waals surface area contributed by atoms with Crippen LogP contribution >= 0.6 is 0 Å². The van der Waals surface area contributed by atoms with Gasteiger partial charge in [0, 0.05) is 6.54 Å². The Morgan fingerprint density at radius 3 is 2.53 bits per heavy atom. The Hall–Kier alpha value is -1.61. The second-order valence-electron chi connectivity index (χ2n) is 4.28. The maximum atomic E-state index is 10.9. The zero-order valence-electron chi connectivity index (χ0n) is 10.3. The number of nitrogens with one attached hydrogen (secondary N) is 1. The van der Waals surface area contributed by atoms with Crippen molar-refractivity contribution in [2.75, 3.05) is 6.54 Å². The molecule has 0 aliphatic carbocycles. The van der Waals surface area contributed by atoms with Crippen molar-refractivity contribution in [2.45, 2.75) is 19.9 Å². The van der Waals surface area contributed by atoms with Crippen LogP contribution in [0, 0.1) is 5.92 Å². The molecule has 0 saturated heterocycles. The molecule has 92 valence electrons. The van der Waals surface area contributed by atoms with Crippen LogP contribution in [0.3, 0.4) is 0 Å². The van der Waals surface area contributed by atoms with Crippen molar-refractivity contribution in [1.82, 2.24) is 5.32 Å². The predicted octanol–water partition coefficient (Wildman–Crippen LogP) is 2.40. The highest BCUT2D eigenvalue weighted by Crippen LogP contribution is 2.02. The second kappa shape index (κ2) is 6.86. The van der Waals surface area contributed by atoms with Gasteiger partial charge in [0.05, 0.1) is 0 Å². The first kappa shape index (κ1) is 13.5. The standard InChI is InChI=1S/C14H19NO2/c1-11(2)13(14(16)17)15-10-6-9-12-7-4-3-5-8-12/h3-9,11,13,15H,10H2,1-2H3,(H,16,17)/t13-/m1/s1. The van der Waals surface area contributed by atoms with E-state index >= 15 is 0 Å². The summed E-state index contributed by atoms with van der Waals surface area (Å²) >= 11 is 0. The molecule has 0 saturated carbocycles. The van der Waals surface area contributed by atoms with Gasteiger partial charge in [-0.05, 0) is 11.5 Å². The average Bonchev–Trinajstić information content (AvgIpc) is 2.29. The molecule has 0 aliphatic rings. The fraction of sp³-hybridized carbons (Fsp3) is 0.357. The number of hydrogen-bond acceptors (Lipinski definition) is 2. The van der Waals surface area contributed by atoms with E-state index in [1.54, 1.807) is 0 Å². The number of rotatable bonds is 6. The van der Waals surface area contributed by atoms with Crippen LogP contribution in [0.5, 0.6) is 0 Å². The van der Waals surface area contributed by atoms with Gasteiger partial charge in [-0.1, -0.05) is 56.3 Å². The third kappa shape index (κ3) is 4.83. The molecular formula is C14H19NO2. The highest BCUT2D eigenvalue weighted by Gasteiger charge is 2.19. The first-order valence-electron chi connectivity index (χ1n) is 5.79. The van der Waals surface area contributed by atoms with Crippen LogP contribution in [-0.4, -0.2) is 23.7 Å². The van der Waals surface area contributed by atoms with Gasteiger partial charge in [-0.15, -0.1) is 0 Å². The maximum Gasteiger partial charge on any atom is 0.320 e. The number of hydrogen-bond donors (Lipinski definition) is 2. The number of benzene rings is 1. The van der Waals surface area contributed by atoms with E-state index in [1.807, 2.05) is 56.3 Å². The largest absolute Gasteiger partial charge is 0.480 e. The summed E-state index contributed by atoms with van der Waals surface area (Å²) < 4.78 is 0. The molecule has 3 nitrogen and oxygen atoms in total. The minimum absolute atomic E-state index is 0.0811. The number of aliphatic carboxylic acids is 1. The van der Waals surface area contributed by atoms with E-state index in [9.17, 15) is 4.79 Å². The van der Waals surface area contributed by atoms with Gasteiger partial charge in [-0.3, -0.25) is 4.79 Å². The van der Waals surface area contributed by atoms with Crippen molar-refractivity contribution >= 4 is 12.0 Å². The van der Waals surface area contributed by atoms with Gasteiger partial charge in [0.1, 0.15) is 6.04 Å². The lowest BCUT2D eigenvalue weighted by molar-refractivity contribution is -0.140. The first-order valence-corrected chi connectivity index (χ1v) is 5.79. The molecule has 0 aromatic heterocycles. The van der Waals surface area contributed by atoms with Crippen LogP contribution in [0.2, 0.25) is 0 Å². The van der Waals surface area contributed by atoms with Crippen molar-refractivity contribution in [3.8, 4) is 0 Å². The minimum atomic E-state index is -0.798. The Morgan fingerprint density at radius 1 is 1.35 bits per heavy atom. The van der Waals surface area contributed by atoms with Crippen molar-refractivity contribution in [1.29, 1.82) is 0 Å². The van der Waals surface area contributed by atoms with Gasteiger partial charge < -0.3 is 10.4 Å². The Labute approximate surface area is 102 Å². The summed E-state index contributed by atoms with van der Waals surface area (Å²) in [6, 6.07) is 9.44. The molecule has 0 amide bonds. The summed E-state index contributed by atoms with van der Waals surface area (Å²) in [7, 11) is 0. The van der Waals surface area contributed by atoms with Crippen molar-refractivity contribution < 1.29 is 9.90 Å². The van der Waals surface area contributed by atoms with Gasteiger partial charge in [-0.25, -0.2) is 0 Å². The van der Waals surface area contributed by atoms with Crippen molar-refractivity contribution in [2.24, 2.45) is 5.92 Å². The molecule has 1 rings (SSSR count).